The average molecular weight is 303 g/mol. The predicted octanol–water partition coefficient (Wildman–Crippen LogP) is 1.87. The van der Waals surface area contributed by atoms with Crippen molar-refractivity contribution in [3.63, 3.8) is 0 Å². The molecule has 1 amide bonds. The molecule has 0 spiro atoms. The maximum Gasteiger partial charge on any atom is 0.223 e. The Labute approximate surface area is 124 Å². The van der Waals surface area contributed by atoms with E-state index in [1.807, 2.05) is 0 Å². The molecule has 0 heterocycles. The SMILES string of the molecule is Cl.NC(CNC(=O)CCOc1ccccc1F)C1CC1. The molecule has 2 rings (SSSR count). The number of hydrogen-bond acceptors (Lipinski definition) is 3. The number of nitrogens with two attached hydrogens (primary N) is 1. The second-order valence-corrected chi connectivity index (χ2v) is 4.83. The van der Waals surface area contributed by atoms with Crippen molar-refractivity contribution in [1.29, 1.82) is 0 Å². The van der Waals surface area contributed by atoms with E-state index in [0.29, 0.717) is 12.5 Å². The summed E-state index contributed by atoms with van der Waals surface area (Å²) in [5.41, 5.74) is 5.87. The third-order valence-electron chi connectivity index (χ3n) is 3.19. The molecule has 1 aliphatic rings. The minimum absolute atomic E-state index is 0. The molecule has 1 aromatic carbocycles. The van der Waals surface area contributed by atoms with Crippen molar-refractivity contribution in [3.05, 3.63) is 30.1 Å². The van der Waals surface area contributed by atoms with Gasteiger partial charge in [0.15, 0.2) is 11.6 Å². The molecule has 3 N–H and O–H groups in total. The van der Waals surface area contributed by atoms with Gasteiger partial charge in [0.25, 0.3) is 0 Å². The Hall–Kier alpha value is -1.33. The van der Waals surface area contributed by atoms with Crippen molar-refractivity contribution >= 4 is 18.3 Å². The number of nitrogens with one attached hydrogen (secondary N) is 1. The molecule has 0 bridgehead atoms. The van der Waals surface area contributed by atoms with Crippen LogP contribution in [0.5, 0.6) is 5.75 Å². The van der Waals surface area contributed by atoms with Gasteiger partial charge in [-0.25, -0.2) is 4.39 Å². The van der Waals surface area contributed by atoms with E-state index < -0.39 is 5.82 Å². The number of rotatable bonds is 7. The molecule has 0 radical (unpaired) electrons. The van der Waals surface area contributed by atoms with Gasteiger partial charge < -0.3 is 15.8 Å². The lowest BCUT2D eigenvalue weighted by atomic mass is 10.2. The van der Waals surface area contributed by atoms with Crippen LogP contribution < -0.4 is 15.8 Å². The molecule has 1 atom stereocenters. The summed E-state index contributed by atoms with van der Waals surface area (Å²) in [7, 11) is 0. The first kappa shape index (κ1) is 16.7. The Bertz CT molecular complexity index is 441. The molecule has 6 heteroatoms. The quantitative estimate of drug-likeness (QED) is 0.808. The molecule has 0 saturated heterocycles. The van der Waals surface area contributed by atoms with Gasteiger partial charge in [0.2, 0.25) is 5.91 Å². The van der Waals surface area contributed by atoms with E-state index >= 15 is 0 Å². The molecule has 1 fully saturated rings. The number of halogens is 2. The second kappa shape index (κ2) is 8.07. The summed E-state index contributed by atoms with van der Waals surface area (Å²) in [5, 5.41) is 2.77. The van der Waals surface area contributed by atoms with Gasteiger partial charge in [-0.15, -0.1) is 12.4 Å². The number of para-hydroxylation sites is 1. The Morgan fingerprint density at radius 1 is 1.45 bits per heavy atom. The van der Waals surface area contributed by atoms with Crippen LogP contribution in [0, 0.1) is 11.7 Å². The molecule has 4 nitrogen and oxygen atoms in total. The van der Waals surface area contributed by atoms with Crippen LogP contribution in [0.1, 0.15) is 19.3 Å². The minimum Gasteiger partial charge on any atom is -0.490 e. The summed E-state index contributed by atoms with van der Waals surface area (Å²) in [6.07, 6.45) is 2.52. The first-order valence-corrected chi connectivity index (χ1v) is 6.56. The number of carbonyl (C=O) groups is 1. The Balaban J connectivity index is 0.00000200. The Morgan fingerprint density at radius 3 is 2.80 bits per heavy atom. The number of carbonyl (C=O) groups excluding carboxylic acids is 1. The van der Waals surface area contributed by atoms with Gasteiger partial charge in [0, 0.05) is 12.6 Å². The fourth-order valence-electron chi connectivity index (χ4n) is 1.83. The van der Waals surface area contributed by atoms with E-state index in [0.717, 1.165) is 12.8 Å². The zero-order valence-electron chi connectivity index (χ0n) is 11.2. The van der Waals surface area contributed by atoms with Crippen LogP contribution in [0.3, 0.4) is 0 Å². The summed E-state index contributed by atoms with van der Waals surface area (Å²) in [6.45, 7) is 0.661. The van der Waals surface area contributed by atoms with Crippen molar-refractivity contribution in [2.45, 2.75) is 25.3 Å². The maximum absolute atomic E-state index is 13.2. The highest BCUT2D eigenvalue weighted by atomic mass is 35.5. The molecule has 1 unspecified atom stereocenters. The van der Waals surface area contributed by atoms with E-state index in [1.165, 1.54) is 12.1 Å². The van der Waals surface area contributed by atoms with Gasteiger partial charge in [-0.05, 0) is 30.9 Å². The second-order valence-electron chi connectivity index (χ2n) is 4.83. The predicted molar refractivity (Wildman–Crippen MR) is 77.5 cm³/mol. The van der Waals surface area contributed by atoms with Gasteiger partial charge in [-0.3, -0.25) is 4.79 Å². The first-order chi connectivity index (χ1) is 9.16. The molecule has 1 saturated carbocycles. The van der Waals surface area contributed by atoms with Crippen LogP contribution in [-0.2, 0) is 4.79 Å². The van der Waals surface area contributed by atoms with Crippen LogP contribution in [0.2, 0.25) is 0 Å². The van der Waals surface area contributed by atoms with Gasteiger partial charge in [0.1, 0.15) is 0 Å². The summed E-state index contributed by atoms with van der Waals surface area (Å²) in [4.78, 5) is 11.5. The molecule has 0 aliphatic heterocycles. The van der Waals surface area contributed by atoms with Crippen molar-refractivity contribution < 1.29 is 13.9 Å². The zero-order chi connectivity index (χ0) is 13.7. The van der Waals surface area contributed by atoms with Crippen molar-refractivity contribution in [3.8, 4) is 5.75 Å². The maximum atomic E-state index is 13.2. The fourth-order valence-corrected chi connectivity index (χ4v) is 1.83. The lowest BCUT2D eigenvalue weighted by Crippen LogP contribution is -2.38. The molecular weight excluding hydrogens is 283 g/mol. The Morgan fingerprint density at radius 2 is 2.15 bits per heavy atom. The van der Waals surface area contributed by atoms with Crippen LogP contribution >= 0.6 is 12.4 Å². The lowest BCUT2D eigenvalue weighted by molar-refractivity contribution is -0.121. The van der Waals surface area contributed by atoms with Gasteiger partial charge in [-0.2, -0.15) is 0 Å². The number of ether oxygens (including phenoxy) is 1. The third-order valence-corrected chi connectivity index (χ3v) is 3.19. The van der Waals surface area contributed by atoms with Crippen molar-refractivity contribution in [2.24, 2.45) is 11.7 Å². The largest absolute Gasteiger partial charge is 0.490 e. The molecule has 0 aromatic heterocycles. The highest BCUT2D eigenvalue weighted by Crippen LogP contribution is 2.31. The van der Waals surface area contributed by atoms with E-state index in [9.17, 15) is 9.18 Å². The number of benzene rings is 1. The van der Waals surface area contributed by atoms with E-state index in [1.54, 1.807) is 12.1 Å². The molecule has 1 aliphatic carbocycles. The van der Waals surface area contributed by atoms with Gasteiger partial charge in [0.05, 0.1) is 13.0 Å². The fraction of sp³-hybridized carbons (Fsp3) is 0.500. The zero-order valence-corrected chi connectivity index (χ0v) is 12.0. The van der Waals surface area contributed by atoms with Crippen LogP contribution in [-0.4, -0.2) is 25.1 Å². The first-order valence-electron chi connectivity index (χ1n) is 6.56. The van der Waals surface area contributed by atoms with Crippen molar-refractivity contribution in [1.82, 2.24) is 5.32 Å². The molecule has 20 heavy (non-hydrogen) atoms. The van der Waals surface area contributed by atoms with Crippen LogP contribution in [0.25, 0.3) is 0 Å². The topological polar surface area (TPSA) is 64.3 Å². The van der Waals surface area contributed by atoms with Gasteiger partial charge in [-0.1, -0.05) is 12.1 Å². The van der Waals surface area contributed by atoms with Crippen LogP contribution in [0.15, 0.2) is 24.3 Å². The summed E-state index contributed by atoms with van der Waals surface area (Å²) in [5.74, 6) is 0.200. The average Bonchev–Trinajstić information content (AvgIpc) is 3.22. The van der Waals surface area contributed by atoms with Crippen LogP contribution in [0.4, 0.5) is 4.39 Å². The summed E-state index contributed by atoms with van der Waals surface area (Å²) in [6, 6.07) is 6.19. The number of hydrogen-bond donors (Lipinski definition) is 2. The van der Waals surface area contributed by atoms with E-state index in [-0.39, 0.29) is 43.1 Å². The van der Waals surface area contributed by atoms with E-state index in [4.69, 9.17) is 10.5 Å². The van der Waals surface area contributed by atoms with Gasteiger partial charge >= 0.3 is 0 Å². The number of amides is 1. The Kier molecular flexibility index (Phi) is 6.75. The highest BCUT2D eigenvalue weighted by molar-refractivity contribution is 5.85. The smallest absolute Gasteiger partial charge is 0.223 e. The highest BCUT2D eigenvalue weighted by Gasteiger charge is 2.28. The lowest BCUT2D eigenvalue weighted by Gasteiger charge is -2.12. The normalized spacial score (nSPS) is 15.1. The van der Waals surface area contributed by atoms with Crippen molar-refractivity contribution in [2.75, 3.05) is 13.2 Å². The third kappa shape index (κ3) is 5.35. The minimum atomic E-state index is -0.418. The molecule has 112 valence electrons. The molecular formula is C14H20ClFN2O2. The molecule has 1 aromatic rings. The summed E-state index contributed by atoms with van der Waals surface area (Å²) >= 11 is 0. The van der Waals surface area contributed by atoms with E-state index in [2.05, 4.69) is 5.32 Å². The monoisotopic (exact) mass is 302 g/mol. The standard InChI is InChI=1S/C14H19FN2O2.ClH/c15-11-3-1-2-4-13(11)19-8-7-14(18)17-9-12(16)10-5-6-10;/h1-4,10,12H,5-9,16H2,(H,17,18);1H. The summed E-state index contributed by atoms with van der Waals surface area (Å²) < 4.78 is 18.4.